The van der Waals surface area contributed by atoms with Crippen LogP contribution >= 0.6 is 24.0 Å². The van der Waals surface area contributed by atoms with Crippen LogP contribution in [0, 0.1) is 0 Å². The third-order valence-corrected chi connectivity index (χ3v) is 4.72. The van der Waals surface area contributed by atoms with E-state index in [1.54, 1.807) is 0 Å². The molecule has 6 nitrogen and oxygen atoms in total. The van der Waals surface area contributed by atoms with E-state index in [-0.39, 0.29) is 29.8 Å². The lowest BCUT2D eigenvalue weighted by Crippen LogP contribution is -2.48. The summed E-state index contributed by atoms with van der Waals surface area (Å²) in [4.78, 5) is 19.1. The average molecular weight is 413 g/mol. The average Bonchev–Trinajstić information content (AvgIpc) is 3.09. The summed E-state index contributed by atoms with van der Waals surface area (Å²) in [5.74, 6) is 1.27. The van der Waals surface area contributed by atoms with Gasteiger partial charge in [-0.25, -0.2) is 0 Å². The van der Waals surface area contributed by atoms with E-state index in [4.69, 9.17) is 16.1 Å². The van der Waals surface area contributed by atoms with E-state index in [0.717, 1.165) is 18.7 Å². The molecule has 1 saturated heterocycles. The Bertz CT molecular complexity index is 773. The Morgan fingerprint density at radius 1 is 1.41 bits per heavy atom. The molecule has 1 amide bonds. The first-order valence-electron chi connectivity index (χ1n) is 8.93. The Labute approximate surface area is 171 Å². The zero-order chi connectivity index (χ0) is 18.7. The molecule has 8 heteroatoms. The van der Waals surface area contributed by atoms with Crippen LogP contribution < -0.4 is 5.32 Å². The van der Waals surface area contributed by atoms with Gasteiger partial charge in [-0.1, -0.05) is 49.7 Å². The predicted octanol–water partition coefficient (Wildman–Crippen LogP) is 3.55. The minimum absolute atomic E-state index is 0. The summed E-state index contributed by atoms with van der Waals surface area (Å²) in [6.45, 7) is 8.28. The molecular weight excluding hydrogens is 387 g/mol. The van der Waals surface area contributed by atoms with Crippen molar-refractivity contribution in [3.05, 3.63) is 46.6 Å². The maximum absolute atomic E-state index is 12.8. The molecule has 0 bridgehead atoms. The summed E-state index contributed by atoms with van der Waals surface area (Å²) >= 11 is 6.12. The second-order valence-corrected chi connectivity index (χ2v) is 8.06. The standard InChI is InChI=1S/C19H25ClN4O2.ClH/c1-19(2,3)18-22-16(26-23-18)7-8-17(25)24-10-9-21-12-15(24)13-5-4-6-14(20)11-13;/h4-6,11,15,21H,7-10,12H2,1-3H3;1H. The molecule has 1 aliphatic heterocycles. The molecule has 1 unspecified atom stereocenters. The maximum atomic E-state index is 12.8. The lowest BCUT2D eigenvalue weighted by Gasteiger charge is -2.36. The molecule has 0 spiro atoms. The van der Waals surface area contributed by atoms with Gasteiger partial charge in [-0.2, -0.15) is 4.98 Å². The van der Waals surface area contributed by atoms with Crippen molar-refractivity contribution in [3.8, 4) is 0 Å². The molecular formula is C19H26Cl2N4O2. The van der Waals surface area contributed by atoms with Gasteiger partial charge in [0.25, 0.3) is 0 Å². The first kappa shape index (κ1) is 21.7. The molecule has 2 aromatic rings. The molecule has 1 aliphatic rings. The number of nitrogens with one attached hydrogen (secondary N) is 1. The summed E-state index contributed by atoms with van der Waals surface area (Å²) in [6.07, 6.45) is 0.803. The van der Waals surface area contributed by atoms with Gasteiger partial charge < -0.3 is 14.7 Å². The van der Waals surface area contributed by atoms with Gasteiger partial charge in [-0.05, 0) is 17.7 Å². The van der Waals surface area contributed by atoms with Gasteiger partial charge >= 0.3 is 0 Å². The van der Waals surface area contributed by atoms with Crippen LogP contribution in [0.4, 0.5) is 0 Å². The number of carbonyl (C=O) groups is 1. The molecule has 27 heavy (non-hydrogen) atoms. The molecule has 1 aromatic carbocycles. The third kappa shape index (κ3) is 5.43. The minimum atomic E-state index is -0.165. The summed E-state index contributed by atoms with van der Waals surface area (Å²) in [7, 11) is 0. The van der Waals surface area contributed by atoms with Crippen LogP contribution in [0.1, 0.15) is 50.5 Å². The number of halogens is 2. The molecule has 3 rings (SSSR count). The van der Waals surface area contributed by atoms with Crippen molar-refractivity contribution in [3.63, 3.8) is 0 Å². The number of rotatable bonds is 4. The second-order valence-electron chi connectivity index (χ2n) is 7.62. The number of hydrogen-bond acceptors (Lipinski definition) is 5. The van der Waals surface area contributed by atoms with Crippen LogP contribution in [0.15, 0.2) is 28.8 Å². The first-order valence-corrected chi connectivity index (χ1v) is 9.31. The van der Waals surface area contributed by atoms with Crippen LogP contribution in [-0.4, -0.2) is 40.6 Å². The summed E-state index contributed by atoms with van der Waals surface area (Å²) in [5.41, 5.74) is 0.882. The van der Waals surface area contributed by atoms with E-state index in [1.165, 1.54) is 0 Å². The highest BCUT2D eigenvalue weighted by atomic mass is 35.5. The number of nitrogens with zero attached hydrogens (tertiary/aromatic N) is 3. The van der Waals surface area contributed by atoms with Gasteiger partial charge in [0.1, 0.15) is 0 Å². The highest BCUT2D eigenvalue weighted by Crippen LogP contribution is 2.26. The normalized spacial score (nSPS) is 17.5. The Morgan fingerprint density at radius 3 is 2.85 bits per heavy atom. The Morgan fingerprint density at radius 2 is 2.19 bits per heavy atom. The molecule has 2 heterocycles. The zero-order valence-corrected chi connectivity index (χ0v) is 17.4. The van der Waals surface area contributed by atoms with Crippen LogP contribution in [-0.2, 0) is 16.6 Å². The van der Waals surface area contributed by atoms with Crippen molar-refractivity contribution in [2.75, 3.05) is 19.6 Å². The largest absolute Gasteiger partial charge is 0.339 e. The van der Waals surface area contributed by atoms with E-state index in [9.17, 15) is 4.79 Å². The fourth-order valence-corrected chi connectivity index (χ4v) is 3.23. The highest BCUT2D eigenvalue weighted by molar-refractivity contribution is 6.30. The minimum Gasteiger partial charge on any atom is -0.339 e. The van der Waals surface area contributed by atoms with Crippen molar-refractivity contribution >= 4 is 29.9 Å². The molecule has 0 radical (unpaired) electrons. The van der Waals surface area contributed by atoms with Crippen molar-refractivity contribution in [1.82, 2.24) is 20.4 Å². The van der Waals surface area contributed by atoms with E-state index in [0.29, 0.717) is 36.1 Å². The topological polar surface area (TPSA) is 71.3 Å². The lowest BCUT2D eigenvalue weighted by atomic mass is 9.96. The summed E-state index contributed by atoms with van der Waals surface area (Å²) in [5, 5.41) is 8.05. The van der Waals surface area contributed by atoms with Crippen LogP contribution in [0.5, 0.6) is 0 Å². The molecule has 148 valence electrons. The third-order valence-electron chi connectivity index (χ3n) is 4.49. The predicted molar refractivity (Wildman–Crippen MR) is 107 cm³/mol. The smallest absolute Gasteiger partial charge is 0.227 e. The zero-order valence-electron chi connectivity index (χ0n) is 15.9. The van der Waals surface area contributed by atoms with E-state index in [2.05, 4.69) is 15.5 Å². The molecule has 1 atom stereocenters. The van der Waals surface area contributed by atoms with Gasteiger partial charge in [0.15, 0.2) is 5.82 Å². The summed E-state index contributed by atoms with van der Waals surface area (Å²) in [6, 6.07) is 7.68. The van der Waals surface area contributed by atoms with E-state index >= 15 is 0 Å². The molecule has 0 aliphatic carbocycles. The van der Waals surface area contributed by atoms with Gasteiger partial charge in [-0.15, -0.1) is 12.4 Å². The number of carbonyl (C=O) groups excluding carboxylic acids is 1. The van der Waals surface area contributed by atoms with Crippen molar-refractivity contribution in [2.45, 2.75) is 45.1 Å². The van der Waals surface area contributed by atoms with Crippen LogP contribution in [0.3, 0.4) is 0 Å². The Balaban J connectivity index is 0.00000261. The first-order chi connectivity index (χ1) is 12.3. The van der Waals surface area contributed by atoms with Crippen molar-refractivity contribution in [2.24, 2.45) is 0 Å². The lowest BCUT2D eigenvalue weighted by molar-refractivity contribution is -0.134. The number of benzene rings is 1. The Hall–Kier alpha value is -1.63. The van der Waals surface area contributed by atoms with Gasteiger partial charge in [0.05, 0.1) is 6.04 Å². The van der Waals surface area contributed by atoms with Gasteiger partial charge in [0, 0.05) is 42.9 Å². The maximum Gasteiger partial charge on any atom is 0.227 e. The number of aromatic nitrogens is 2. The van der Waals surface area contributed by atoms with E-state index in [1.807, 2.05) is 49.9 Å². The fourth-order valence-electron chi connectivity index (χ4n) is 3.03. The van der Waals surface area contributed by atoms with Crippen molar-refractivity contribution in [1.29, 1.82) is 0 Å². The van der Waals surface area contributed by atoms with Gasteiger partial charge in [-0.3, -0.25) is 4.79 Å². The second kappa shape index (κ2) is 9.04. The molecule has 1 fully saturated rings. The fraction of sp³-hybridized carbons (Fsp3) is 0.526. The monoisotopic (exact) mass is 412 g/mol. The number of amides is 1. The molecule has 0 saturated carbocycles. The SMILES string of the molecule is CC(C)(C)c1noc(CCC(=O)N2CCNCC2c2cccc(Cl)c2)n1.Cl. The number of aryl methyl sites for hydroxylation is 1. The van der Waals surface area contributed by atoms with Crippen LogP contribution in [0.2, 0.25) is 5.02 Å². The Kier molecular flexibility index (Phi) is 7.25. The number of piperazine rings is 1. The summed E-state index contributed by atoms with van der Waals surface area (Å²) < 4.78 is 5.29. The highest BCUT2D eigenvalue weighted by Gasteiger charge is 2.28. The molecule has 1 N–H and O–H groups in total. The van der Waals surface area contributed by atoms with E-state index < -0.39 is 0 Å². The van der Waals surface area contributed by atoms with Gasteiger partial charge in [0.2, 0.25) is 11.8 Å². The van der Waals surface area contributed by atoms with Crippen molar-refractivity contribution < 1.29 is 9.32 Å². The number of hydrogen-bond donors (Lipinski definition) is 1. The molecule has 1 aromatic heterocycles. The van der Waals surface area contributed by atoms with Crippen LogP contribution in [0.25, 0.3) is 0 Å². The quantitative estimate of drug-likeness (QED) is 0.830.